The summed E-state index contributed by atoms with van der Waals surface area (Å²) in [6.07, 6.45) is 0. The van der Waals surface area contributed by atoms with Gasteiger partial charge in [-0.3, -0.25) is 0 Å². The fourth-order valence-electron chi connectivity index (χ4n) is 3.43. The Balaban J connectivity index is 1.82. The second-order valence-electron chi connectivity index (χ2n) is 6.84. The Labute approximate surface area is 180 Å². The minimum absolute atomic E-state index is 0.198. The van der Waals surface area contributed by atoms with Gasteiger partial charge in [0.05, 0.1) is 36.2 Å². The Bertz CT molecular complexity index is 1360. The van der Waals surface area contributed by atoms with Gasteiger partial charge in [0, 0.05) is 11.1 Å². The van der Waals surface area contributed by atoms with Crippen molar-refractivity contribution in [2.75, 3.05) is 21.3 Å². The van der Waals surface area contributed by atoms with Crippen molar-refractivity contribution in [2.24, 2.45) is 0 Å². The third-order valence-corrected chi connectivity index (χ3v) is 6.47. The van der Waals surface area contributed by atoms with Crippen molar-refractivity contribution in [3.05, 3.63) is 60.3 Å². The average Bonchev–Trinajstić information content (AvgIpc) is 3.13. The van der Waals surface area contributed by atoms with Gasteiger partial charge in [0.25, 0.3) is 0 Å². The summed E-state index contributed by atoms with van der Waals surface area (Å²) in [6, 6.07) is 16.1. The Morgan fingerprint density at radius 3 is 2.23 bits per heavy atom. The molecule has 4 rings (SSSR count). The maximum Gasteiger partial charge on any atom is 0.240 e. The number of nitrogens with zero attached hydrogens (tertiary/aromatic N) is 3. The Kier molecular flexibility index (Phi) is 5.38. The summed E-state index contributed by atoms with van der Waals surface area (Å²) in [5, 5.41) is 4.79. The molecule has 0 radical (unpaired) electrons. The molecule has 0 saturated carbocycles. The summed E-state index contributed by atoms with van der Waals surface area (Å²) < 4.78 is 38.8. The van der Waals surface area contributed by atoms with Crippen LogP contribution in [0.3, 0.4) is 0 Å². The smallest absolute Gasteiger partial charge is 0.240 e. The predicted octanol–water partition coefficient (Wildman–Crippen LogP) is 3.30. The van der Waals surface area contributed by atoms with E-state index >= 15 is 0 Å². The fraction of sp³-hybridized carbons (Fsp3) is 0.182. The van der Waals surface area contributed by atoms with E-state index < -0.39 is 10.0 Å². The van der Waals surface area contributed by atoms with Crippen LogP contribution in [0.15, 0.2) is 59.5 Å². The Morgan fingerprint density at radius 2 is 1.58 bits per heavy atom. The lowest BCUT2D eigenvalue weighted by Crippen LogP contribution is -2.18. The SMILES string of the molecule is CNS(=O)(=O)c1ccc(-c2c(C)nc3ccc(-c4ccc(OC)c(OC)c4)nn23)cc1. The zero-order chi connectivity index (χ0) is 22.2. The maximum absolute atomic E-state index is 12.0. The second kappa shape index (κ2) is 8.01. The number of ether oxygens (including phenoxy) is 2. The molecule has 1 N–H and O–H groups in total. The quantitative estimate of drug-likeness (QED) is 0.496. The van der Waals surface area contributed by atoms with Gasteiger partial charge in [0.1, 0.15) is 0 Å². The molecule has 0 atom stereocenters. The number of fused-ring (bicyclic) bond motifs is 1. The van der Waals surface area contributed by atoms with Crippen LogP contribution < -0.4 is 14.2 Å². The van der Waals surface area contributed by atoms with Gasteiger partial charge >= 0.3 is 0 Å². The Hall–Kier alpha value is -3.43. The van der Waals surface area contributed by atoms with Crippen molar-refractivity contribution >= 4 is 15.7 Å². The van der Waals surface area contributed by atoms with Crippen molar-refractivity contribution < 1.29 is 17.9 Å². The molecular formula is C22H22N4O4S. The van der Waals surface area contributed by atoms with Crippen molar-refractivity contribution in [2.45, 2.75) is 11.8 Å². The number of aromatic nitrogens is 3. The first-order chi connectivity index (χ1) is 14.9. The van der Waals surface area contributed by atoms with E-state index in [1.807, 2.05) is 37.3 Å². The second-order valence-corrected chi connectivity index (χ2v) is 8.72. The molecule has 9 heteroatoms. The summed E-state index contributed by atoms with van der Waals surface area (Å²) in [5.41, 5.74) is 4.71. The van der Waals surface area contributed by atoms with Crippen molar-refractivity contribution in [1.82, 2.24) is 19.3 Å². The topological polar surface area (TPSA) is 94.8 Å². The molecule has 0 fully saturated rings. The number of hydrogen-bond donors (Lipinski definition) is 1. The molecule has 0 bridgehead atoms. The number of rotatable bonds is 6. The molecule has 8 nitrogen and oxygen atoms in total. The van der Waals surface area contributed by atoms with E-state index in [2.05, 4.69) is 9.71 Å². The molecule has 4 aromatic rings. The lowest BCUT2D eigenvalue weighted by molar-refractivity contribution is 0.355. The monoisotopic (exact) mass is 438 g/mol. The van der Waals surface area contributed by atoms with Gasteiger partial charge in [-0.15, -0.1) is 0 Å². The zero-order valence-corrected chi connectivity index (χ0v) is 18.4. The molecule has 0 spiro atoms. The third kappa shape index (κ3) is 3.73. The first kappa shape index (κ1) is 20.8. The standard InChI is InChI=1S/C22H22N4O4S/c1-14-22(15-5-8-17(9-6-15)31(27,28)23-2)26-21(24-14)12-10-18(25-26)16-7-11-19(29-3)20(13-16)30-4/h5-13,23H,1-4H3. The van der Waals surface area contributed by atoms with Gasteiger partial charge in [0.2, 0.25) is 10.0 Å². The number of imidazole rings is 1. The van der Waals surface area contributed by atoms with Crippen LogP contribution in [-0.4, -0.2) is 44.3 Å². The van der Waals surface area contributed by atoms with Gasteiger partial charge in [0.15, 0.2) is 17.1 Å². The van der Waals surface area contributed by atoms with Crippen LogP contribution in [0, 0.1) is 6.92 Å². The normalized spacial score (nSPS) is 11.6. The van der Waals surface area contributed by atoms with E-state index in [-0.39, 0.29) is 4.90 Å². The summed E-state index contributed by atoms with van der Waals surface area (Å²) in [7, 11) is 1.07. The molecule has 0 aliphatic rings. The number of nitrogens with one attached hydrogen (secondary N) is 1. The van der Waals surface area contributed by atoms with Crippen LogP contribution in [0.2, 0.25) is 0 Å². The molecule has 0 amide bonds. The Morgan fingerprint density at radius 1 is 0.903 bits per heavy atom. The van der Waals surface area contributed by atoms with Crippen LogP contribution in [-0.2, 0) is 10.0 Å². The van der Waals surface area contributed by atoms with Gasteiger partial charge in [-0.25, -0.2) is 22.6 Å². The van der Waals surface area contributed by atoms with E-state index in [0.717, 1.165) is 28.2 Å². The molecule has 31 heavy (non-hydrogen) atoms. The van der Waals surface area contributed by atoms with Gasteiger partial charge in [-0.05, 0) is 56.4 Å². The first-order valence-electron chi connectivity index (χ1n) is 9.50. The summed E-state index contributed by atoms with van der Waals surface area (Å²) in [5.74, 6) is 1.26. The zero-order valence-electron chi connectivity index (χ0n) is 17.6. The molecule has 0 aliphatic carbocycles. The van der Waals surface area contributed by atoms with Crippen LogP contribution in [0.5, 0.6) is 11.5 Å². The van der Waals surface area contributed by atoms with Gasteiger partial charge < -0.3 is 9.47 Å². The van der Waals surface area contributed by atoms with E-state index in [4.69, 9.17) is 14.6 Å². The number of aryl methyl sites for hydroxylation is 1. The first-order valence-corrected chi connectivity index (χ1v) is 11.0. The molecule has 160 valence electrons. The number of benzene rings is 2. The highest BCUT2D eigenvalue weighted by molar-refractivity contribution is 7.89. The van der Waals surface area contributed by atoms with Crippen LogP contribution in [0.4, 0.5) is 0 Å². The van der Waals surface area contributed by atoms with E-state index in [9.17, 15) is 8.42 Å². The highest BCUT2D eigenvalue weighted by Gasteiger charge is 2.16. The van der Waals surface area contributed by atoms with Crippen molar-refractivity contribution in [3.8, 4) is 34.0 Å². The molecule has 0 unspecified atom stereocenters. The highest BCUT2D eigenvalue weighted by Crippen LogP contribution is 2.32. The maximum atomic E-state index is 12.0. The summed E-state index contributed by atoms with van der Waals surface area (Å²) in [6.45, 7) is 1.90. The summed E-state index contributed by atoms with van der Waals surface area (Å²) in [4.78, 5) is 4.80. The molecule has 0 aliphatic heterocycles. The minimum Gasteiger partial charge on any atom is -0.493 e. The fourth-order valence-corrected chi connectivity index (χ4v) is 4.16. The number of hydrogen-bond acceptors (Lipinski definition) is 6. The van der Waals surface area contributed by atoms with Crippen molar-refractivity contribution in [1.29, 1.82) is 0 Å². The lowest BCUT2D eigenvalue weighted by Gasteiger charge is -2.10. The number of sulfonamides is 1. The molecule has 2 aromatic heterocycles. The molecular weight excluding hydrogens is 416 g/mol. The lowest BCUT2D eigenvalue weighted by atomic mass is 10.1. The highest BCUT2D eigenvalue weighted by atomic mass is 32.2. The van der Waals surface area contributed by atoms with Crippen LogP contribution >= 0.6 is 0 Å². The van der Waals surface area contributed by atoms with Crippen LogP contribution in [0.25, 0.3) is 28.2 Å². The molecule has 2 heterocycles. The summed E-state index contributed by atoms with van der Waals surface area (Å²) >= 11 is 0. The van der Waals surface area contributed by atoms with E-state index in [0.29, 0.717) is 17.1 Å². The van der Waals surface area contributed by atoms with Crippen LogP contribution in [0.1, 0.15) is 5.69 Å². The molecule has 0 saturated heterocycles. The average molecular weight is 439 g/mol. The number of methoxy groups -OCH3 is 2. The third-order valence-electron chi connectivity index (χ3n) is 5.04. The van der Waals surface area contributed by atoms with Gasteiger partial charge in [-0.2, -0.15) is 5.10 Å². The largest absolute Gasteiger partial charge is 0.493 e. The minimum atomic E-state index is -3.50. The predicted molar refractivity (Wildman–Crippen MR) is 118 cm³/mol. The van der Waals surface area contributed by atoms with E-state index in [1.165, 1.54) is 7.05 Å². The van der Waals surface area contributed by atoms with Gasteiger partial charge in [-0.1, -0.05) is 12.1 Å². The molecule has 2 aromatic carbocycles. The van der Waals surface area contributed by atoms with E-state index in [1.54, 1.807) is 43.0 Å². The van der Waals surface area contributed by atoms with Crippen molar-refractivity contribution in [3.63, 3.8) is 0 Å².